The Balaban J connectivity index is 4.20. The molecule has 0 saturated carbocycles. The summed E-state index contributed by atoms with van der Waals surface area (Å²) in [5.74, 6) is -0.915. The van der Waals surface area contributed by atoms with E-state index >= 15 is 0 Å². The van der Waals surface area contributed by atoms with Crippen molar-refractivity contribution >= 4 is 17.9 Å². The number of carbonyl (C=O) groups is 3. The molecule has 1 unspecified atom stereocenters. The lowest BCUT2D eigenvalue weighted by Crippen LogP contribution is -2.30. The Morgan fingerprint density at radius 1 is 0.263 bits per heavy atom. The van der Waals surface area contributed by atoms with Gasteiger partial charge in [0.1, 0.15) is 13.2 Å². The van der Waals surface area contributed by atoms with Crippen LogP contribution in [0, 0.1) is 0 Å². The van der Waals surface area contributed by atoms with Crippen molar-refractivity contribution < 1.29 is 28.6 Å². The molecule has 0 rings (SSSR count). The topological polar surface area (TPSA) is 78.9 Å². The van der Waals surface area contributed by atoms with E-state index in [0.717, 1.165) is 89.9 Å². The lowest BCUT2D eigenvalue weighted by Gasteiger charge is -2.18. The first-order chi connectivity index (χ1) is 39.5. The average Bonchev–Trinajstić information content (AvgIpc) is 3.46. The highest BCUT2D eigenvalue weighted by molar-refractivity contribution is 5.71. The molecule has 80 heavy (non-hydrogen) atoms. The third-order valence-electron chi connectivity index (χ3n) is 15.5. The normalized spacial score (nSPS) is 12.5. The van der Waals surface area contributed by atoms with Crippen LogP contribution in [0.4, 0.5) is 0 Å². The quantitative estimate of drug-likeness (QED) is 0.0261. The molecule has 0 aliphatic heterocycles. The van der Waals surface area contributed by atoms with E-state index in [4.69, 9.17) is 14.2 Å². The van der Waals surface area contributed by atoms with E-state index in [1.165, 1.54) is 225 Å². The molecule has 0 aromatic rings. The van der Waals surface area contributed by atoms with Gasteiger partial charge in [0.05, 0.1) is 0 Å². The molecule has 0 amide bonds. The number of rotatable bonds is 64. The Morgan fingerprint density at radius 2 is 0.487 bits per heavy atom. The van der Waals surface area contributed by atoms with Gasteiger partial charge in [-0.1, -0.05) is 344 Å². The second-order valence-electron chi connectivity index (χ2n) is 23.4. The minimum atomic E-state index is -0.797. The molecule has 0 radical (unpaired) electrons. The maximum Gasteiger partial charge on any atom is 0.306 e. The van der Waals surface area contributed by atoms with Crippen LogP contribution >= 0.6 is 0 Å². The summed E-state index contributed by atoms with van der Waals surface area (Å²) in [7, 11) is 0. The molecule has 0 saturated heterocycles. The zero-order valence-corrected chi connectivity index (χ0v) is 53.3. The van der Waals surface area contributed by atoms with Crippen molar-refractivity contribution in [3.05, 3.63) is 72.9 Å². The number of carbonyl (C=O) groups excluding carboxylic acids is 3. The lowest BCUT2D eigenvalue weighted by molar-refractivity contribution is -0.167. The van der Waals surface area contributed by atoms with Crippen molar-refractivity contribution in [3.63, 3.8) is 0 Å². The Hall–Kier alpha value is -3.15. The largest absolute Gasteiger partial charge is 0.462 e. The number of esters is 3. The Labute approximate surface area is 497 Å². The predicted molar refractivity (Wildman–Crippen MR) is 348 cm³/mol. The zero-order chi connectivity index (χ0) is 57.8. The monoisotopic (exact) mass is 1120 g/mol. The van der Waals surface area contributed by atoms with Crippen LogP contribution in [0.2, 0.25) is 0 Å². The van der Waals surface area contributed by atoms with Gasteiger partial charge in [-0.2, -0.15) is 0 Å². The van der Waals surface area contributed by atoms with Crippen LogP contribution in [0.25, 0.3) is 0 Å². The molecule has 0 aliphatic carbocycles. The van der Waals surface area contributed by atoms with Gasteiger partial charge >= 0.3 is 17.9 Å². The molecule has 1 atom stereocenters. The van der Waals surface area contributed by atoms with Gasteiger partial charge in [0.25, 0.3) is 0 Å². The highest BCUT2D eigenvalue weighted by atomic mass is 16.6. The van der Waals surface area contributed by atoms with Crippen molar-refractivity contribution in [3.8, 4) is 0 Å². The summed E-state index contributed by atoms with van der Waals surface area (Å²) in [4.78, 5) is 38.3. The van der Waals surface area contributed by atoms with Crippen LogP contribution in [0.15, 0.2) is 72.9 Å². The summed E-state index contributed by atoms with van der Waals surface area (Å²) in [5.41, 5.74) is 0. The smallest absolute Gasteiger partial charge is 0.306 e. The third kappa shape index (κ3) is 65.7. The highest BCUT2D eigenvalue weighted by Gasteiger charge is 2.19. The SMILES string of the molecule is CC/C=C\C/C=C\C/C=C\C/C=C\C/C=C\C/C=C\CCCCC(=O)OC(COC(=O)CCCCCCCCCCCCC)COC(=O)CCCCCCCCCCCCCCCCCCCCCCCCCCCCCCCC. The first kappa shape index (κ1) is 76.9. The van der Waals surface area contributed by atoms with Crippen LogP contribution < -0.4 is 0 Å². The molecule has 0 aromatic heterocycles. The van der Waals surface area contributed by atoms with E-state index in [1.54, 1.807) is 0 Å². The van der Waals surface area contributed by atoms with Crippen LogP contribution in [0.1, 0.15) is 361 Å². The molecule has 6 heteroatoms. The number of ether oxygens (including phenoxy) is 3. The van der Waals surface area contributed by atoms with Gasteiger partial charge in [-0.15, -0.1) is 0 Å². The summed E-state index contributed by atoms with van der Waals surface area (Å²) in [5, 5.41) is 0. The van der Waals surface area contributed by atoms with Crippen molar-refractivity contribution in [1.82, 2.24) is 0 Å². The van der Waals surface area contributed by atoms with Crippen LogP contribution in [0.5, 0.6) is 0 Å². The summed E-state index contributed by atoms with van der Waals surface area (Å²) >= 11 is 0. The highest BCUT2D eigenvalue weighted by Crippen LogP contribution is 2.18. The van der Waals surface area contributed by atoms with Gasteiger partial charge < -0.3 is 14.2 Å². The molecule has 0 N–H and O–H groups in total. The number of allylic oxidation sites excluding steroid dienone is 12. The van der Waals surface area contributed by atoms with E-state index < -0.39 is 6.10 Å². The first-order valence-electron chi connectivity index (χ1n) is 34.9. The van der Waals surface area contributed by atoms with Gasteiger partial charge in [0.15, 0.2) is 6.10 Å². The van der Waals surface area contributed by atoms with E-state index in [2.05, 4.69) is 93.7 Å². The van der Waals surface area contributed by atoms with Gasteiger partial charge in [-0.3, -0.25) is 14.4 Å². The number of hydrogen-bond donors (Lipinski definition) is 0. The Bertz CT molecular complexity index is 1470. The summed E-state index contributed by atoms with van der Waals surface area (Å²) < 4.78 is 16.9. The van der Waals surface area contributed by atoms with Crippen molar-refractivity contribution in [2.24, 2.45) is 0 Å². The van der Waals surface area contributed by atoms with Crippen LogP contribution in [-0.4, -0.2) is 37.2 Å². The molecule has 0 heterocycles. The zero-order valence-electron chi connectivity index (χ0n) is 53.3. The van der Waals surface area contributed by atoms with Gasteiger partial charge in [0, 0.05) is 19.3 Å². The predicted octanol–water partition coefficient (Wildman–Crippen LogP) is 24.1. The minimum absolute atomic E-state index is 0.0889. The maximum absolute atomic E-state index is 12.9. The number of unbranched alkanes of at least 4 members (excludes halogenated alkanes) is 41. The summed E-state index contributed by atoms with van der Waals surface area (Å²) in [6.07, 6.45) is 89.5. The fourth-order valence-corrected chi connectivity index (χ4v) is 10.3. The second kappa shape index (κ2) is 68.3. The van der Waals surface area contributed by atoms with E-state index in [0.29, 0.717) is 19.3 Å². The van der Waals surface area contributed by atoms with Gasteiger partial charge in [0.2, 0.25) is 0 Å². The van der Waals surface area contributed by atoms with E-state index in [9.17, 15) is 14.4 Å². The summed E-state index contributed by atoms with van der Waals surface area (Å²) in [6.45, 7) is 6.53. The molecule has 0 fully saturated rings. The fourth-order valence-electron chi connectivity index (χ4n) is 10.3. The van der Waals surface area contributed by atoms with Gasteiger partial charge in [-0.25, -0.2) is 0 Å². The van der Waals surface area contributed by atoms with Crippen LogP contribution in [-0.2, 0) is 28.6 Å². The van der Waals surface area contributed by atoms with Crippen molar-refractivity contribution in [2.75, 3.05) is 13.2 Å². The molecular formula is C74H132O6. The first-order valence-corrected chi connectivity index (χ1v) is 34.9. The van der Waals surface area contributed by atoms with Gasteiger partial charge in [-0.05, 0) is 70.6 Å². The van der Waals surface area contributed by atoms with Crippen molar-refractivity contribution in [1.29, 1.82) is 0 Å². The molecule has 0 aromatic carbocycles. The van der Waals surface area contributed by atoms with Crippen LogP contribution in [0.3, 0.4) is 0 Å². The molecule has 6 nitrogen and oxygen atoms in total. The maximum atomic E-state index is 12.9. The molecular weight excluding hydrogens is 985 g/mol. The summed E-state index contributed by atoms with van der Waals surface area (Å²) in [6, 6.07) is 0. The third-order valence-corrected chi connectivity index (χ3v) is 15.5. The molecule has 464 valence electrons. The molecule has 0 bridgehead atoms. The molecule has 0 spiro atoms. The minimum Gasteiger partial charge on any atom is -0.462 e. The Kier molecular flexibility index (Phi) is 65.7. The van der Waals surface area contributed by atoms with E-state index in [-0.39, 0.29) is 37.5 Å². The average molecular weight is 1120 g/mol. The van der Waals surface area contributed by atoms with E-state index in [1.807, 2.05) is 0 Å². The second-order valence-corrected chi connectivity index (χ2v) is 23.4. The standard InChI is InChI=1S/C74H132O6/c1-4-7-10-13-16-19-22-24-26-28-30-32-33-34-35-36-37-38-39-40-42-43-45-47-49-52-55-58-61-64-67-73(76)79-70-71(69-78-72(75)66-63-60-57-54-51-21-18-15-12-9-6-3)80-74(77)68-65-62-59-56-53-50-48-46-44-41-31-29-27-25-23-20-17-14-11-8-5-2/h8,11,17,20,25,27,31,41,46,48,53,56,71H,4-7,9-10,12-16,18-19,21-24,26,28-30,32-40,42-45,47,49-52,54-55,57-70H2,1-3H3/b11-8-,20-17-,27-25-,41-31-,48-46-,56-53-. The molecule has 0 aliphatic rings. The van der Waals surface area contributed by atoms with Crippen molar-refractivity contribution in [2.45, 2.75) is 367 Å². The Morgan fingerprint density at radius 3 is 0.762 bits per heavy atom. The fraction of sp³-hybridized carbons (Fsp3) is 0.797. The number of hydrogen-bond acceptors (Lipinski definition) is 6. The lowest BCUT2D eigenvalue weighted by atomic mass is 10.0.